The fourth-order valence-corrected chi connectivity index (χ4v) is 3.85. The van der Waals surface area contributed by atoms with Crippen LogP contribution in [0, 0.1) is 0 Å². The van der Waals surface area contributed by atoms with Crippen LogP contribution in [0.3, 0.4) is 0 Å². The van der Waals surface area contributed by atoms with Crippen molar-refractivity contribution in [2.45, 2.75) is 82.1 Å². The highest BCUT2D eigenvalue weighted by Gasteiger charge is 2.43. The maximum Gasteiger partial charge on any atom is 0.309 e. The van der Waals surface area contributed by atoms with Crippen molar-refractivity contribution in [3.63, 3.8) is 0 Å². The normalized spacial score (nSPS) is 27.7. The largest absolute Gasteiger partial charge is 0.347 e. The lowest BCUT2D eigenvalue weighted by Crippen LogP contribution is -2.46. The van der Waals surface area contributed by atoms with Gasteiger partial charge in [-0.05, 0) is 25.7 Å². The van der Waals surface area contributed by atoms with Crippen molar-refractivity contribution in [3.8, 4) is 0 Å². The van der Waals surface area contributed by atoms with Crippen LogP contribution in [0.2, 0.25) is 0 Å². The monoisotopic (exact) mass is 324 g/mol. The molecular weight excluding hydrogens is 296 g/mol. The van der Waals surface area contributed by atoms with E-state index in [1.165, 1.54) is 12.8 Å². The highest BCUT2D eigenvalue weighted by atomic mass is 16.7. The Morgan fingerprint density at radius 2 is 1.65 bits per heavy atom. The van der Waals surface area contributed by atoms with E-state index in [0.29, 0.717) is 13.2 Å². The SMILES string of the molecule is O=C(NCC1COC2(CCCC2)O1)C(=O)NC1CCCCCC1. The van der Waals surface area contributed by atoms with Crippen LogP contribution in [-0.4, -0.2) is 42.9 Å². The molecule has 2 N–H and O–H groups in total. The molecule has 0 radical (unpaired) electrons. The van der Waals surface area contributed by atoms with Crippen LogP contribution in [0.4, 0.5) is 0 Å². The molecule has 130 valence electrons. The highest BCUT2D eigenvalue weighted by Crippen LogP contribution is 2.38. The molecule has 1 spiro atoms. The van der Waals surface area contributed by atoms with Gasteiger partial charge in [0.1, 0.15) is 6.10 Å². The van der Waals surface area contributed by atoms with E-state index in [0.717, 1.165) is 51.4 Å². The van der Waals surface area contributed by atoms with Gasteiger partial charge in [-0.15, -0.1) is 0 Å². The lowest BCUT2D eigenvalue weighted by atomic mass is 10.1. The predicted octanol–water partition coefficient (Wildman–Crippen LogP) is 1.63. The molecule has 3 aliphatic rings. The zero-order valence-corrected chi connectivity index (χ0v) is 13.8. The zero-order chi connectivity index (χ0) is 16.1. The molecule has 2 amide bonds. The highest BCUT2D eigenvalue weighted by molar-refractivity contribution is 6.35. The van der Waals surface area contributed by atoms with Gasteiger partial charge in [0, 0.05) is 25.4 Å². The Kier molecular flexibility index (Phi) is 5.54. The molecular formula is C17H28N2O4. The van der Waals surface area contributed by atoms with Crippen molar-refractivity contribution in [2.75, 3.05) is 13.2 Å². The molecule has 0 aromatic carbocycles. The quantitative estimate of drug-likeness (QED) is 0.611. The number of rotatable bonds is 3. The molecule has 1 atom stereocenters. The van der Waals surface area contributed by atoms with Crippen molar-refractivity contribution < 1.29 is 19.1 Å². The van der Waals surface area contributed by atoms with E-state index in [9.17, 15) is 9.59 Å². The van der Waals surface area contributed by atoms with Crippen molar-refractivity contribution in [2.24, 2.45) is 0 Å². The van der Waals surface area contributed by atoms with Gasteiger partial charge in [0.05, 0.1) is 6.61 Å². The van der Waals surface area contributed by atoms with Crippen LogP contribution in [-0.2, 0) is 19.1 Å². The molecule has 6 heteroatoms. The third-order valence-electron chi connectivity index (χ3n) is 5.17. The number of carbonyl (C=O) groups excluding carboxylic acids is 2. The van der Waals surface area contributed by atoms with Crippen LogP contribution in [0.15, 0.2) is 0 Å². The molecule has 0 aromatic heterocycles. The van der Waals surface area contributed by atoms with Crippen molar-refractivity contribution >= 4 is 11.8 Å². The van der Waals surface area contributed by atoms with Crippen LogP contribution in [0.5, 0.6) is 0 Å². The smallest absolute Gasteiger partial charge is 0.309 e. The second kappa shape index (κ2) is 7.62. The molecule has 1 heterocycles. The first-order chi connectivity index (χ1) is 11.2. The van der Waals surface area contributed by atoms with Crippen LogP contribution >= 0.6 is 0 Å². The minimum Gasteiger partial charge on any atom is -0.347 e. The first kappa shape index (κ1) is 16.7. The Balaban J connectivity index is 1.38. The van der Waals surface area contributed by atoms with E-state index >= 15 is 0 Å². The van der Waals surface area contributed by atoms with Gasteiger partial charge >= 0.3 is 11.8 Å². The van der Waals surface area contributed by atoms with Crippen LogP contribution in [0.25, 0.3) is 0 Å². The molecule has 0 aromatic rings. The molecule has 1 unspecified atom stereocenters. The van der Waals surface area contributed by atoms with Crippen molar-refractivity contribution in [1.82, 2.24) is 10.6 Å². The third-order valence-corrected chi connectivity index (χ3v) is 5.17. The number of amides is 2. The van der Waals surface area contributed by atoms with E-state index in [1.807, 2.05) is 0 Å². The third kappa shape index (κ3) is 4.44. The van der Waals surface area contributed by atoms with Crippen molar-refractivity contribution in [1.29, 1.82) is 0 Å². The molecule has 6 nitrogen and oxygen atoms in total. The van der Waals surface area contributed by atoms with Gasteiger partial charge in [-0.1, -0.05) is 25.7 Å². The molecule has 1 saturated heterocycles. The van der Waals surface area contributed by atoms with E-state index in [-0.39, 0.29) is 12.1 Å². The lowest BCUT2D eigenvalue weighted by Gasteiger charge is -2.22. The van der Waals surface area contributed by atoms with Gasteiger partial charge < -0.3 is 20.1 Å². The topological polar surface area (TPSA) is 76.7 Å². The molecule has 3 fully saturated rings. The van der Waals surface area contributed by atoms with E-state index < -0.39 is 17.6 Å². The molecule has 3 rings (SSSR count). The first-order valence-corrected chi connectivity index (χ1v) is 9.07. The summed E-state index contributed by atoms with van der Waals surface area (Å²) in [5.41, 5.74) is 0. The Morgan fingerprint density at radius 3 is 2.35 bits per heavy atom. The van der Waals surface area contributed by atoms with Crippen LogP contribution in [0.1, 0.15) is 64.2 Å². The number of hydrogen-bond donors (Lipinski definition) is 2. The van der Waals surface area contributed by atoms with E-state index in [4.69, 9.17) is 9.47 Å². The molecule has 2 saturated carbocycles. The Hall–Kier alpha value is -1.14. The van der Waals surface area contributed by atoms with Gasteiger partial charge in [-0.2, -0.15) is 0 Å². The minimum atomic E-state index is -0.565. The first-order valence-electron chi connectivity index (χ1n) is 9.07. The summed E-state index contributed by atoms with van der Waals surface area (Å²) in [6, 6.07) is 0.142. The van der Waals surface area contributed by atoms with Gasteiger partial charge in [-0.25, -0.2) is 0 Å². The number of nitrogens with one attached hydrogen (secondary N) is 2. The summed E-state index contributed by atoms with van der Waals surface area (Å²) >= 11 is 0. The van der Waals surface area contributed by atoms with Gasteiger partial charge in [0.25, 0.3) is 0 Å². The summed E-state index contributed by atoms with van der Waals surface area (Å²) in [6.07, 6.45) is 10.6. The maximum atomic E-state index is 12.0. The van der Waals surface area contributed by atoms with Gasteiger partial charge in [-0.3, -0.25) is 9.59 Å². The van der Waals surface area contributed by atoms with Gasteiger partial charge in [0.2, 0.25) is 0 Å². The summed E-state index contributed by atoms with van der Waals surface area (Å²) < 4.78 is 11.7. The molecule has 2 aliphatic carbocycles. The van der Waals surface area contributed by atoms with Crippen LogP contribution < -0.4 is 10.6 Å². The Labute approximate surface area is 137 Å². The average Bonchev–Trinajstić information content (AvgIpc) is 3.09. The second-order valence-corrected chi connectivity index (χ2v) is 7.04. The number of carbonyl (C=O) groups is 2. The molecule has 23 heavy (non-hydrogen) atoms. The number of hydrogen-bond acceptors (Lipinski definition) is 4. The standard InChI is InChI=1S/C17H28N2O4/c20-15(16(21)19-13-7-3-1-2-4-8-13)18-11-14-12-22-17(23-14)9-5-6-10-17/h13-14H,1-12H2,(H,18,20)(H,19,21). The van der Waals surface area contributed by atoms with Crippen molar-refractivity contribution in [3.05, 3.63) is 0 Å². The lowest BCUT2D eigenvalue weighted by molar-refractivity contribution is -0.161. The fraction of sp³-hybridized carbons (Fsp3) is 0.882. The Bertz CT molecular complexity index is 426. The predicted molar refractivity (Wildman–Crippen MR) is 84.7 cm³/mol. The molecule has 1 aliphatic heterocycles. The summed E-state index contributed by atoms with van der Waals surface area (Å²) in [6.45, 7) is 0.823. The zero-order valence-electron chi connectivity index (χ0n) is 13.8. The second-order valence-electron chi connectivity index (χ2n) is 7.04. The fourth-order valence-electron chi connectivity index (χ4n) is 3.85. The Morgan fingerprint density at radius 1 is 0.957 bits per heavy atom. The molecule has 0 bridgehead atoms. The summed E-state index contributed by atoms with van der Waals surface area (Å²) in [4.78, 5) is 23.9. The number of ether oxygens (including phenoxy) is 2. The maximum absolute atomic E-state index is 12.0. The summed E-state index contributed by atoms with van der Waals surface area (Å²) in [5, 5.41) is 5.54. The minimum absolute atomic E-state index is 0.142. The van der Waals surface area contributed by atoms with E-state index in [2.05, 4.69) is 10.6 Å². The average molecular weight is 324 g/mol. The van der Waals surface area contributed by atoms with E-state index in [1.54, 1.807) is 0 Å². The summed E-state index contributed by atoms with van der Waals surface area (Å²) in [7, 11) is 0. The summed E-state index contributed by atoms with van der Waals surface area (Å²) in [5.74, 6) is -1.51. The van der Waals surface area contributed by atoms with Gasteiger partial charge in [0.15, 0.2) is 5.79 Å².